The van der Waals surface area contributed by atoms with Crippen molar-refractivity contribution in [3.63, 3.8) is 0 Å². The molecule has 4 heterocycles. The van der Waals surface area contributed by atoms with Crippen LogP contribution in [0.25, 0.3) is 28.1 Å². The van der Waals surface area contributed by atoms with Crippen LogP contribution in [0.5, 0.6) is 0 Å². The van der Waals surface area contributed by atoms with E-state index in [1.165, 1.54) is 34.8 Å². The molecule has 1 spiro atoms. The SMILES string of the molecule is CN1Cc2cc(Nc3ncc4c(=O)n(-c5c(Cl)cccc5Cl)nc(-c5nccn5C)c4n3)ccc2C2(CC2)C1. The molecule has 0 amide bonds. The van der Waals surface area contributed by atoms with E-state index in [0.717, 1.165) is 18.8 Å². The van der Waals surface area contributed by atoms with Crippen LogP contribution >= 0.6 is 23.2 Å². The summed E-state index contributed by atoms with van der Waals surface area (Å²) in [5.74, 6) is 0.894. The first-order chi connectivity index (χ1) is 18.8. The van der Waals surface area contributed by atoms with Crippen molar-refractivity contribution in [3.8, 4) is 17.2 Å². The number of nitrogens with zero attached hydrogens (tertiary/aromatic N) is 7. The maximum atomic E-state index is 13.6. The molecule has 1 saturated carbocycles. The molecule has 1 aliphatic carbocycles. The molecule has 1 N–H and O–H groups in total. The fourth-order valence-electron chi connectivity index (χ4n) is 5.65. The Morgan fingerprint density at radius 2 is 1.85 bits per heavy atom. The molecule has 0 bridgehead atoms. The second-order valence-corrected chi connectivity index (χ2v) is 11.2. The first kappa shape index (κ1) is 24.3. The first-order valence-corrected chi connectivity index (χ1v) is 13.4. The summed E-state index contributed by atoms with van der Waals surface area (Å²) >= 11 is 12.9. The lowest BCUT2D eigenvalue weighted by atomic mass is 9.87. The Labute approximate surface area is 234 Å². The first-order valence-electron chi connectivity index (χ1n) is 12.6. The lowest BCUT2D eigenvalue weighted by Gasteiger charge is -2.32. The fraction of sp³-hybridized carbons (Fsp3) is 0.250. The summed E-state index contributed by atoms with van der Waals surface area (Å²) in [6, 6.07) is 11.5. The second-order valence-electron chi connectivity index (χ2n) is 10.4. The van der Waals surface area contributed by atoms with Gasteiger partial charge in [-0.15, -0.1) is 0 Å². The number of hydrogen-bond donors (Lipinski definition) is 1. The van der Waals surface area contributed by atoms with E-state index in [0.29, 0.717) is 38.4 Å². The number of likely N-dealkylation sites (N-methyl/N-ethyl adjacent to an activating group) is 1. The van der Waals surface area contributed by atoms with Gasteiger partial charge in [-0.05, 0) is 55.3 Å². The van der Waals surface area contributed by atoms with E-state index < -0.39 is 5.56 Å². The molecule has 0 atom stereocenters. The quantitative estimate of drug-likeness (QED) is 0.327. The molecule has 0 saturated heterocycles. The monoisotopic (exact) mass is 558 g/mol. The number of imidazole rings is 1. The van der Waals surface area contributed by atoms with Gasteiger partial charge in [0.1, 0.15) is 11.2 Å². The third kappa shape index (κ3) is 4.00. The Kier molecular flexibility index (Phi) is 5.52. The van der Waals surface area contributed by atoms with Crippen LogP contribution < -0.4 is 10.9 Å². The number of nitrogens with one attached hydrogen (secondary N) is 1. The van der Waals surface area contributed by atoms with Crippen molar-refractivity contribution < 1.29 is 0 Å². The third-order valence-electron chi connectivity index (χ3n) is 7.62. The number of fused-ring (bicyclic) bond motifs is 3. The molecule has 2 aliphatic rings. The minimum atomic E-state index is -0.434. The maximum Gasteiger partial charge on any atom is 0.282 e. The summed E-state index contributed by atoms with van der Waals surface area (Å²) < 4.78 is 3.01. The van der Waals surface area contributed by atoms with Gasteiger partial charge in [-0.25, -0.2) is 15.0 Å². The Balaban J connectivity index is 1.36. The fourth-order valence-corrected chi connectivity index (χ4v) is 6.21. The van der Waals surface area contributed by atoms with Gasteiger partial charge >= 0.3 is 0 Å². The molecular weight excluding hydrogens is 535 g/mol. The van der Waals surface area contributed by atoms with Crippen LogP contribution in [0.3, 0.4) is 0 Å². The molecule has 0 unspecified atom stereocenters. The standard InChI is InChI=1S/C28H24Cl2N8O/c1-36-14-16-12-17(6-7-19(16)28(15-36)8-9-28)33-27-32-13-18-22(34-27)23(25-31-10-11-37(25)2)35-38(26(18)39)24-20(29)4-3-5-21(24)30/h3-7,10-13H,8-9,14-15H2,1-2H3,(H,32,33,34). The van der Waals surface area contributed by atoms with Crippen molar-refractivity contribution in [2.24, 2.45) is 7.05 Å². The normalized spacial score (nSPS) is 16.0. The molecule has 5 aromatic rings. The van der Waals surface area contributed by atoms with E-state index >= 15 is 0 Å². The number of aromatic nitrogens is 6. The van der Waals surface area contributed by atoms with Crippen molar-refractivity contribution in [2.45, 2.75) is 24.8 Å². The van der Waals surface area contributed by atoms with Crippen molar-refractivity contribution in [2.75, 3.05) is 18.9 Å². The van der Waals surface area contributed by atoms with Crippen LogP contribution in [0, 0.1) is 0 Å². The minimum Gasteiger partial charge on any atom is -0.333 e. The van der Waals surface area contributed by atoms with Crippen molar-refractivity contribution in [3.05, 3.63) is 86.5 Å². The third-order valence-corrected chi connectivity index (χ3v) is 8.23. The van der Waals surface area contributed by atoms with Crippen molar-refractivity contribution in [1.29, 1.82) is 0 Å². The molecule has 1 fully saturated rings. The predicted molar refractivity (Wildman–Crippen MR) is 152 cm³/mol. The van der Waals surface area contributed by atoms with E-state index in [1.807, 2.05) is 11.6 Å². The lowest BCUT2D eigenvalue weighted by Crippen LogP contribution is -2.35. The van der Waals surface area contributed by atoms with Gasteiger partial charge < -0.3 is 14.8 Å². The number of anilines is 2. The summed E-state index contributed by atoms with van der Waals surface area (Å²) in [6.07, 6.45) is 7.46. The topological polar surface area (TPSA) is 93.8 Å². The van der Waals surface area contributed by atoms with E-state index in [9.17, 15) is 4.79 Å². The zero-order chi connectivity index (χ0) is 26.9. The number of aryl methyl sites for hydroxylation is 1. The molecular formula is C28H24Cl2N8O. The van der Waals surface area contributed by atoms with Crippen molar-refractivity contribution in [1.82, 2.24) is 34.2 Å². The summed E-state index contributed by atoms with van der Waals surface area (Å²) in [6.45, 7) is 2.02. The van der Waals surface area contributed by atoms with E-state index in [4.69, 9.17) is 28.2 Å². The highest BCUT2D eigenvalue weighted by Gasteiger charge is 2.48. The van der Waals surface area contributed by atoms with Crippen LogP contribution in [0.15, 0.2) is 59.8 Å². The Hall–Kier alpha value is -3.79. The zero-order valence-corrected chi connectivity index (χ0v) is 22.8. The number of hydrogen-bond acceptors (Lipinski definition) is 7. The molecule has 7 rings (SSSR count). The maximum absolute atomic E-state index is 13.6. The average molecular weight is 559 g/mol. The number of rotatable bonds is 4. The molecule has 3 aromatic heterocycles. The molecule has 196 valence electrons. The minimum absolute atomic E-state index is 0.271. The van der Waals surface area contributed by atoms with E-state index in [-0.39, 0.29) is 11.1 Å². The Morgan fingerprint density at radius 3 is 2.56 bits per heavy atom. The second kappa shape index (κ2) is 8.87. The summed E-state index contributed by atoms with van der Waals surface area (Å²) in [4.78, 5) is 29.7. The van der Waals surface area contributed by atoms with Crippen molar-refractivity contribution >= 4 is 45.7 Å². The molecule has 11 heteroatoms. The summed E-state index contributed by atoms with van der Waals surface area (Å²) in [7, 11) is 4.02. The van der Waals surface area contributed by atoms with Gasteiger partial charge in [-0.1, -0.05) is 35.3 Å². The largest absolute Gasteiger partial charge is 0.333 e. The summed E-state index contributed by atoms with van der Waals surface area (Å²) in [5, 5.41) is 8.86. The number of para-hydroxylation sites is 1. The van der Waals surface area contributed by atoms with Crippen LogP contribution in [0.2, 0.25) is 10.0 Å². The Bertz CT molecular complexity index is 1820. The van der Waals surface area contributed by atoms with Gasteiger partial charge in [-0.2, -0.15) is 9.78 Å². The molecule has 0 radical (unpaired) electrons. The van der Waals surface area contributed by atoms with Gasteiger partial charge in [0, 0.05) is 49.8 Å². The molecule has 2 aromatic carbocycles. The highest BCUT2D eigenvalue weighted by Crippen LogP contribution is 2.52. The highest BCUT2D eigenvalue weighted by atomic mass is 35.5. The van der Waals surface area contributed by atoms with Gasteiger partial charge in [0.15, 0.2) is 11.5 Å². The Morgan fingerprint density at radius 1 is 1.05 bits per heavy atom. The molecule has 39 heavy (non-hydrogen) atoms. The zero-order valence-electron chi connectivity index (χ0n) is 21.3. The van der Waals surface area contributed by atoms with E-state index in [1.54, 1.807) is 30.6 Å². The van der Waals surface area contributed by atoms with E-state index in [2.05, 4.69) is 50.5 Å². The van der Waals surface area contributed by atoms with Gasteiger partial charge in [0.2, 0.25) is 5.95 Å². The van der Waals surface area contributed by atoms with Crippen LogP contribution in [0.1, 0.15) is 24.0 Å². The molecule has 9 nitrogen and oxygen atoms in total. The number of halogens is 2. The number of benzene rings is 2. The van der Waals surface area contributed by atoms with Crippen LogP contribution in [0.4, 0.5) is 11.6 Å². The summed E-state index contributed by atoms with van der Waals surface area (Å²) in [5.41, 5.74) is 4.61. The smallest absolute Gasteiger partial charge is 0.282 e. The van der Waals surface area contributed by atoms with Gasteiger partial charge in [0.25, 0.3) is 5.56 Å². The lowest BCUT2D eigenvalue weighted by molar-refractivity contribution is 0.271. The predicted octanol–water partition coefficient (Wildman–Crippen LogP) is 5.10. The highest BCUT2D eigenvalue weighted by molar-refractivity contribution is 6.37. The average Bonchev–Trinajstić information content (AvgIpc) is 3.53. The molecule has 1 aliphatic heterocycles. The van der Waals surface area contributed by atoms with Gasteiger partial charge in [-0.3, -0.25) is 4.79 Å². The van der Waals surface area contributed by atoms with Crippen LogP contribution in [-0.4, -0.2) is 47.8 Å². The van der Waals surface area contributed by atoms with Gasteiger partial charge in [0.05, 0.1) is 15.4 Å². The van der Waals surface area contributed by atoms with Crippen LogP contribution in [-0.2, 0) is 19.0 Å².